The zero-order valence-corrected chi connectivity index (χ0v) is 22.4. The van der Waals surface area contributed by atoms with Crippen molar-refractivity contribution in [3.8, 4) is 0 Å². The second-order valence-corrected chi connectivity index (χ2v) is 15.2. The van der Waals surface area contributed by atoms with Gasteiger partial charge in [0.15, 0.2) is 0 Å². The van der Waals surface area contributed by atoms with Crippen LogP contribution in [0.2, 0.25) is 0 Å². The Morgan fingerprint density at radius 3 is 2.41 bits per heavy atom. The molecule has 0 saturated heterocycles. The van der Waals surface area contributed by atoms with Crippen molar-refractivity contribution in [3.05, 3.63) is 0 Å². The average molecular weight is 498 g/mol. The summed E-state index contributed by atoms with van der Waals surface area (Å²) in [6.45, 7) is 7.38. The van der Waals surface area contributed by atoms with Crippen molar-refractivity contribution in [2.24, 2.45) is 46.3 Å². The fourth-order valence-electron chi connectivity index (χ4n) is 9.20. The lowest BCUT2D eigenvalue weighted by molar-refractivity contribution is -0.174. The van der Waals surface area contributed by atoms with Gasteiger partial charge in [0.05, 0.1) is 18.0 Å². The van der Waals surface area contributed by atoms with Gasteiger partial charge in [-0.3, -0.25) is 4.79 Å². The largest absolute Gasteiger partial charge is 0.393 e. The van der Waals surface area contributed by atoms with Gasteiger partial charge in [0, 0.05) is 19.2 Å². The van der Waals surface area contributed by atoms with Crippen LogP contribution in [-0.4, -0.2) is 55.3 Å². The van der Waals surface area contributed by atoms with Gasteiger partial charge in [-0.1, -0.05) is 20.8 Å². The van der Waals surface area contributed by atoms with Crippen LogP contribution in [0.25, 0.3) is 0 Å². The van der Waals surface area contributed by atoms with E-state index in [1.54, 1.807) is 0 Å². The molecule has 4 saturated carbocycles. The lowest BCUT2D eigenvalue weighted by Crippen LogP contribution is -2.58. The van der Waals surface area contributed by atoms with E-state index < -0.39 is 9.84 Å². The molecule has 0 aliphatic heterocycles. The van der Waals surface area contributed by atoms with Gasteiger partial charge in [0.2, 0.25) is 5.91 Å². The summed E-state index contributed by atoms with van der Waals surface area (Å²) < 4.78 is 22.6. The molecule has 3 N–H and O–H groups in total. The van der Waals surface area contributed by atoms with E-state index in [0.717, 1.165) is 32.1 Å². The number of amides is 1. The third-order valence-electron chi connectivity index (χ3n) is 11.0. The summed E-state index contributed by atoms with van der Waals surface area (Å²) in [4.78, 5) is 12.3. The van der Waals surface area contributed by atoms with Crippen molar-refractivity contribution in [1.82, 2.24) is 5.32 Å². The second kappa shape index (κ2) is 9.66. The predicted molar refractivity (Wildman–Crippen MR) is 134 cm³/mol. The fourth-order valence-corrected chi connectivity index (χ4v) is 9.67. The summed E-state index contributed by atoms with van der Waals surface area (Å²) in [6, 6.07) is 0. The Morgan fingerprint density at radius 2 is 1.71 bits per heavy atom. The van der Waals surface area contributed by atoms with Crippen LogP contribution >= 0.6 is 0 Å². The van der Waals surface area contributed by atoms with Crippen LogP contribution in [0.15, 0.2) is 0 Å². The maximum absolute atomic E-state index is 12.3. The van der Waals surface area contributed by atoms with Gasteiger partial charge in [-0.2, -0.15) is 0 Å². The first kappa shape index (κ1) is 26.4. The lowest BCUT2D eigenvalue weighted by atomic mass is 9.43. The van der Waals surface area contributed by atoms with Crippen LogP contribution in [0.5, 0.6) is 0 Å². The van der Waals surface area contributed by atoms with Crippen LogP contribution < -0.4 is 5.32 Å². The molecule has 4 aliphatic carbocycles. The maximum Gasteiger partial charge on any atom is 0.220 e. The number of sulfone groups is 1. The topological polar surface area (TPSA) is 104 Å². The Morgan fingerprint density at radius 1 is 1.03 bits per heavy atom. The standard InChI is InChI=1S/C27H47NO5S/c1-17(5-8-24(31)28-13-14-34(4,32)33)20-6-7-21-25-22(10-12-27(20,21)3)26(2)11-9-19(29)15-18(26)16-23(25)30/h17-23,25,29-30H,5-16H2,1-4H3,(H,28,31)/t17-,18+,19-,20-,21+,22+,23+,25+,26+,27-/m1/s1. The van der Waals surface area contributed by atoms with Gasteiger partial charge in [-0.25, -0.2) is 8.42 Å². The number of nitrogens with one attached hydrogen (secondary N) is 1. The molecule has 0 heterocycles. The van der Waals surface area contributed by atoms with Gasteiger partial charge in [-0.05, 0) is 104 Å². The second-order valence-electron chi connectivity index (χ2n) is 12.9. The van der Waals surface area contributed by atoms with Crippen LogP contribution in [0, 0.1) is 46.3 Å². The summed E-state index contributed by atoms with van der Waals surface area (Å²) in [5.41, 5.74) is 0.462. The van der Waals surface area contributed by atoms with Gasteiger partial charge in [0.25, 0.3) is 0 Å². The Hall–Kier alpha value is -0.660. The molecule has 4 fully saturated rings. The first-order chi connectivity index (χ1) is 15.8. The van der Waals surface area contributed by atoms with Gasteiger partial charge < -0.3 is 15.5 Å². The number of hydrogen-bond acceptors (Lipinski definition) is 5. The molecule has 0 aromatic rings. The monoisotopic (exact) mass is 497 g/mol. The fraction of sp³-hybridized carbons (Fsp3) is 0.963. The number of hydrogen-bond donors (Lipinski definition) is 3. The minimum absolute atomic E-state index is 0.0136. The van der Waals surface area contributed by atoms with Crippen molar-refractivity contribution >= 4 is 15.7 Å². The first-order valence-electron chi connectivity index (χ1n) is 13.7. The molecule has 7 heteroatoms. The number of carbonyl (C=O) groups excluding carboxylic acids is 1. The molecule has 0 unspecified atom stereocenters. The molecule has 0 spiro atoms. The highest BCUT2D eigenvalue weighted by atomic mass is 32.2. The Labute approximate surface area is 206 Å². The molecule has 34 heavy (non-hydrogen) atoms. The maximum atomic E-state index is 12.3. The van der Waals surface area contributed by atoms with E-state index in [4.69, 9.17) is 0 Å². The molecule has 4 rings (SSSR count). The molecule has 0 aromatic heterocycles. The Balaban J connectivity index is 1.39. The number of carbonyl (C=O) groups is 1. The zero-order chi connectivity index (χ0) is 24.9. The van der Waals surface area contributed by atoms with Gasteiger partial charge >= 0.3 is 0 Å². The number of aliphatic hydroxyl groups excluding tert-OH is 2. The molecule has 0 radical (unpaired) electrons. The van der Waals surface area contributed by atoms with E-state index in [1.165, 1.54) is 31.9 Å². The normalized spacial score (nSPS) is 45.1. The van der Waals surface area contributed by atoms with Crippen LogP contribution in [0.1, 0.15) is 85.0 Å². The van der Waals surface area contributed by atoms with E-state index in [0.29, 0.717) is 41.9 Å². The molecule has 10 atom stereocenters. The van der Waals surface area contributed by atoms with Crippen molar-refractivity contribution in [1.29, 1.82) is 0 Å². The molecule has 4 aliphatic rings. The van der Waals surface area contributed by atoms with Crippen molar-refractivity contribution in [2.75, 3.05) is 18.6 Å². The molecule has 6 nitrogen and oxygen atoms in total. The molecule has 1 amide bonds. The zero-order valence-electron chi connectivity index (χ0n) is 21.6. The van der Waals surface area contributed by atoms with Crippen molar-refractivity contribution in [3.63, 3.8) is 0 Å². The highest BCUT2D eigenvalue weighted by Crippen LogP contribution is 2.68. The summed E-state index contributed by atoms with van der Waals surface area (Å²) in [5.74, 6) is 2.83. The number of rotatable bonds is 7. The van der Waals surface area contributed by atoms with Crippen LogP contribution in [0.3, 0.4) is 0 Å². The Bertz CT molecular complexity index is 861. The van der Waals surface area contributed by atoms with Crippen molar-refractivity contribution < 1.29 is 23.4 Å². The Kier molecular flexibility index (Phi) is 7.50. The van der Waals surface area contributed by atoms with E-state index in [2.05, 4.69) is 26.1 Å². The third-order valence-corrected chi connectivity index (χ3v) is 12.0. The minimum Gasteiger partial charge on any atom is -0.393 e. The highest BCUT2D eigenvalue weighted by Gasteiger charge is 2.62. The third kappa shape index (κ3) is 4.95. The number of fused-ring (bicyclic) bond motifs is 5. The van der Waals surface area contributed by atoms with E-state index in [9.17, 15) is 23.4 Å². The summed E-state index contributed by atoms with van der Waals surface area (Å²) in [6.07, 6.45) is 10.4. The smallest absolute Gasteiger partial charge is 0.220 e. The van der Waals surface area contributed by atoms with Crippen LogP contribution in [0.4, 0.5) is 0 Å². The predicted octanol–water partition coefficient (Wildman–Crippen LogP) is 3.55. The SMILES string of the molecule is C[C@H](CCC(=O)NCCS(C)(=O)=O)[C@H]1CC[C@H]2[C@@H]3[C@@H](O)C[C@@H]4C[C@H](O)CC[C@]4(C)[C@H]3CC[C@]12C. The molecular weight excluding hydrogens is 450 g/mol. The summed E-state index contributed by atoms with van der Waals surface area (Å²) in [5, 5.41) is 24.4. The molecule has 196 valence electrons. The minimum atomic E-state index is -3.06. The number of aliphatic hydroxyl groups is 2. The van der Waals surface area contributed by atoms with E-state index >= 15 is 0 Å². The molecule has 0 bridgehead atoms. The molecule has 0 aromatic carbocycles. The molecular formula is C27H47NO5S. The van der Waals surface area contributed by atoms with Gasteiger partial charge in [-0.15, -0.1) is 0 Å². The van der Waals surface area contributed by atoms with E-state index in [1.807, 2.05) is 0 Å². The quantitative estimate of drug-likeness (QED) is 0.499. The summed E-state index contributed by atoms with van der Waals surface area (Å²) in [7, 11) is -3.06. The average Bonchev–Trinajstić information content (AvgIpc) is 3.09. The van der Waals surface area contributed by atoms with E-state index in [-0.39, 0.29) is 41.2 Å². The highest BCUT2D eigenvalue weighted by molar-refractivity contribution is 7.90. The summed E-state index contributed by atoms with van der Waals surface area (Å²) >= 11 is 0. The van der Waals surface area contributed by atoms with Crippen molar-refractivity contribution in [2.45, 2.75) is 97.2 Å². The first-order valence-corrected chi connectivity index (χ1v) is 15.7. The van der Waals surface area contributed by atoms with Crippen LogP contribution in [-0.2, 0) is 14.6 Å². The van der Waals surface area contributed by atoms with Gasteiger partial charge in [0.1, 0.15) is 9.84 Å². The lowest BCUT2D eigenvalue weighted by Gasteiger charge is -2.62.